The number of halogens is 1. The van der Waals surface area contributed by atoms with Gasteiger partial charge in [0.05, 0.1) is 5.56 Å². The highest BCUT2D eigenvalue weighted by Crippen LogP contribution is 2.24. The first-order chi connectivity index (χ1) is 14.6. The van der Waals surface area contributed by atoms with E-state index in [9.17, 15) is 9.18 Å². The van der Waals surface area contributed by atoms with Crippen LogP contribution >= 0.6 is 11.8 Å². The lowest BCUT2D eigenvalue weighted by Crippen LogP contribution is -2.28. The maximum atomic E-state index is 13.1. The summed E-state index contributed by atoms with van der Waals surface area (Å²) in [4.78, 5) is 19.2. The summed E-state index contributed by atoms with van der Waals surface area (Å²) in [5.41, 5.74) is 2.84. The number of hydrogen-bond acceptors (Lipinski definition) is 4. The van der Waals surface area contributed by atoms with E-state index in [4.69, 9.17) is 0 Å². The SMILES string of the molecule is CN(CCCNC(=O)c1cccnc1SCc1ccc(F)cc1)Cc1ccccc1. The maximum absolute atomic E-state index is 13.1. The fraction of sp³-hybridized carbons (Fsp3) is 0.250. The van der Waals surface area contributed by atoms with Crippen LogP contribution in [0.15, 0.2) is 78.0 Å². The van der Waals surface area contributed by atoms with Gasteiger partial charge in [-0.1, -0.05) is 42.5 Å². The highest BCUT2D eigenvalue weighted by atomic mass is 32.2. The minimum Gasteiger partial charge on any atom is -0.352 e. The van der Waals surface area contributed by atoms with Crippen molar-refractivity contribution in [3.05, 3.63) is 95.4 Å². The van der Waals surface area contributed by atoms with Crippen molar-refractivity contribution in [1.29, 1.82) is 0 Å². The van der Waals surface area contributed by atoms with E-state index in [1.165, 1.54) is 29.5 Å². The fourth-order valence-corrected chi connectivity index (χ4v) is 3.98. The normalized spacial score (nSPS) is 10.9. The van der Waals surface area contributed by atoms with Crippen molar-refractivity contribution in [2.75, 3.05) is 20.1 Å². The van der Waals surface area contributed by atoms with Gasteiger partial charge in [0.2, 0.25) is 0 Å². The molecule has 0 spiro atoms. The lowest BCUT2D eigenvalue weighted by atomic mass is 10.2. The molecule has 0 atom stereocenters. The number of aromatic nitrogens is 1. The summed E-state index contributed by atoms with van der Waals surface area (Å²) in [5.74, 6) is 0.258. The lowest BCUT2D eigenvalue weighted by Gasteiger charge is -2.17. The topological polar surface area (TPSA) is 45.2 Å². The molecule has 4 nitrogen and oxygen atoms in total. The van der Waals surface area contributed by atoms with E-state index in [1.807, 2.05) is 18.2 Å². The number of thioether (sulfide) groups is 1. The first-order valence-corrected chi connectivity index (χ1v) is 10.9. The number of hydrogen-bond donors (Lipinski definition) is 1. The molecule has 6 heteroatoms. The summed E-state index contributed by atoms with van der Waals surface area (Å²) in [5, 5.41) is 3.68. The molecule has 2 aromatic carbocycles. The average molecular weight is 424 g/mol. The summed E-state index contributed by atoms with van der Waals surface area (Å²) in [6, 6.07) is 20.3. The van der Waals surface area contributed by atoms with E-state index in [0.717, 1.165) is 25.1 Å². The largest absolute Gasteiger partial charge is 0.352 e. The number of benzene rings is 2. The molecule has 30 heavy (non-hydrogen) atoms. The van der Waals surface area contributed by atoms with E-state index in [0.29, 0.717) is 22.9 Å². The summed E-state index contributed by atoms with van der Waals surface area (Å²) >= 11 is 1.48. The molecular formula is C24H26FN3OS. The predicted molar refractivity (Wildman–Crippen MR) is 120 cm³/mol. The Morgan fingerprint density at radius 1 is 1.03 bits per heavy atom. The zero-order valence-corrected chi connectivity index (χ0v) is 17.9. The van der Waals surface area contributed by atoms with Crippen LogP contribution in [-0.4, -0.2) is 35.9 Å². The molecule has 0 radical (unpaired) electrons. The Labute approximate surface area is 181 Å². The van der Waals surface area contributed by atoms with Gasteiger partial charge in [0.15, 0.2) is 0 Å². The number of nitrogens with zero attached hydrogens (tertiary/aromatic N) is 2. The summed E-state index contributed by atoms with van der Waals surface area (Å²) < 4.78 is 13.1. The van der Waals surface area contributed by atoms with E-state index < -0.39 is 0 Å². The molecule has 1 heterocycles. The number of rotatable bonds is 10. The quantitative estimate of drug-likeness (QED) is 0.377. The third-order valence-electron chi connectivity index (χ3n) is 4.60. The van der Waals surface area contributed by atoms with E-state index >= 15 is 0 Å². The van der Waals surface area contributed by atoms with Gasteiger partial charge in [-0.25, -0.2) is 9.37 Å². The number of amides is 1. The van der Waals surface area contributed by atoms with Crippen molar-refractivity contribution in [1.82, 2.24) is 15.2 Å². The van der Waals surface area contributed by atoms with Gasteiger partial charge in [-0.2, -0.15) is 0 Å². The van der Waals surface area contributed by atoms with Crippen molar-refractivity contribution in [3.63, 3.8) is 0 Å². The smallest absolute Gasteiger partial charge is 0.254 e. The number of carbonyl (C=O) groups excluding carboxylic acids is 1. The lowest BCUT2D eigenvalue weighted by molar-refractivity contribution is 0.0948. The van der Waals surface area contributed by atoms with Crippen molar-refractivity contribution in [2.45, 2.75) is 23.7 Å². The predicted octanol–water partition coefficient (Wildman–Crippen LogP) is 4.76. The Bertz CT molecular complexity index is 935. The van der Waals surface area contributed by atoms with E-state index in [2.05, 4.69) is 34.4 Å². The number of nitrogens with one attached hydrogen (secondary N) is 1. The van der Waals surface area contributed by atoms with Crippen LogP contribution in [0.25, 0.3) is 0 Å². The third-order valence-corrected chi connectivity index (χ3v) is 5.68. The molecule has 0 saturated carbocycles. The first-order valence-electron chi connectivity index (χ1n) is 9.95. The summed E-state index contributed by atoms with van der Waals surface area (Å²) in [7, 11) is 2.08. The van der Waals surface area contributed by atoms with Gasteiger partial charge in [-0.05, 0) is 55.4 Å². The van der Waals surface area contributed by atoms with Crippen molar-refractivity contribution >= 4 is 17.7 Å². The summed E-state index contributed by atoms with van der Waals surface area (Å²) in [6.45, 7) is 2.39. The molecule has 0 aliphatic heterocycles. The molecule has 0 unspecified atom stereocenters. The average Bonchev–Trinajstić information content (AvgIpc) is 2.77. The van der Waals surface area contributed by atoms with Crippen LogP contribution in [0, 0.1) is 5.82 Å². The van der Waals surface area contributed by atoms with Crippen LogP contribution in [0.3, 0.4) is 0 Å². The van der Waals surface area contributed by atoms with Gasteiger partial charge in [0.25, 0.3) is 5.91 Å². The van der Waals surface area contributed by atoms with E-state index in [1.54, 1.807) is 30.5 Å². The second-order valence-corrected chi connectivity index (χ2v) is 8.07. The van der Waals surface area contributed by atoms with Crippen LogP contribution in [0.1, 0.15) is 27.9 Å². The number of pyridine rings is 1. The molecule has 3 rings (SSSR count). The van der Waals surface area contributed by atoms with Gasteiger partial charge in [-0.3, -0.25) is 4.79 Å². The van der Waals surface area contributed by atoms with Crippen molar-refractivity contribution < 1.29 is 9.18 Å². The highest BCUT2D eigenvalue weighted by Gasteiger charge is 2.12. The molecular weight excluding hydrogens is 397 g/mol. The second kappa shape index (κ2) is 11.5. The molecule has 0 saturated heterocycles. The Morgan fingerprint density at radius 3 is 2.57 bits per heavy atom. The number of carbonyl (C=O) groups is 1. The van der Waals surface area contributed by atoms with Crippen molar-refractivity contribution in [2.24, 2.45) is 0 Å². The van der Waals surface area contributed by atoms with Gasteiger partial charge in [0, 0.05) is 25.0 Å². The minimum atomic E-state index is -0.254. The summed E-state index contributed by atoms with van der Waals surface area (Å²) in [6.07, 6.45) is 2.55. The Hall–Kier alpha value is -2.70. The van der Waals surface area contributed by atoms with Gasteiger partial charge in [-0.15, -0.1) is 11.8 Å². The van der Waals surface area contributed by atoms with Crippen LogP contribution in [0.5, 0.6) is 0 Å². The monoisotopic (exact) mass is 423 g/mol. The minimum absolute atomic E-state index is 0.115. The highest BCUT2D eigenvalue weighted by molar-refractivity contribution is 7.98. The van der Waals surface area contributed by atoms with Crippen LogP contribution < -0.4 is 5.32 Å². The molecule has 0 bridgehead atoms. The van der Waals surface area contributed by atoms with Gasteiger partial charge in [0.1, 0.15) is 10.8 Å². The fourth-order valence-electron chi connectivity index (χ4n) is 3.03. The molecule has 0 fully saturated rings. The Morgan fingerprint density at radius 2 is 1.80 bits per heavy atom. The zero-order valence-electron chi connectivity index (χ0n) is 17.1. The molecule has 1 amide bonds. The van der Waals surface area contributed by atoms with E-state index in [-0.39, 0.29) is 11.7 Å². The van der Waals surface area contributed by atoms with Gasteiger partial charge >= 0.3 is 0 Å². The maximum Gasteiger partial charge on any atom is 0.254 e. The second-order valence-electron chi connectivity index (χ2n) is 7.10. The Kier molecular flexibility index (Phi) is 8.41. The molecule has 0 aliphatic carbocycles. The molecule has 1 N–H and O–H groups in total. The van der Waals surface area contributed by atoms with Crippen LogP contribution in [0.2, 0.25) is 0 Å². The molecule has 156 valence electrons. The molecule has 0 aliphatic rings. The molecule has 1 aromatic heterocycles. The third kappa shape index (κ3) is 6.97. The van der Waals surface area contributed by atoms with Crippen LogP contribution in [-0.2, 0) is 12.3 Å². The van der Waals surface area contributed by atoms with Gasteiger partial charge < -0.3 is 10.2 Å². The standard InChI is InChI=1S/C24H26FN3OS/c1-28(17-19-7-3-2-4-8-19)16-6-15-26-23(29)22-9-5-14-27-24(22)30-18-20-10-12-21(25)13-11-20/h2-5,7-14H,6,15-18H2,1H3,(H,26,29). The van der Waals surface area contributed by atoms with Crippen molar-refractivity contribution in [3.8, 4) is 0 Å². The van der Waals surface area contributed by atoms with Crippen LogP contribution in [0.4, 0.5) is 4.39 Å². The zero-order chi connectivity index (χ0) is 21.2. The first kappa shape index (κ1) is 22.0. The Balaban J connectivity index is 1.45. The molecule has 3 aromatic rings.